The van der Waals surface area contributed by atoms with E-state index in [0.29, 0.717) is 36.1 Å². The molecule has 1 aromatic rings. The van der Waals surface area contributed by atoms with E-state index < -0.39 is 10.0 Å². The van der Waals surface area contributed by atoms with Crippen LogP contribution in [0.4, 0.5) is 0 Å². The van der Waals surface area contributed by atoms with Crippen molar-refractivity contribution in [1.82, 2.24) is 4.31 Å². The number of fused-ring (bicyclic) bond motifs is 1. The first-order valence-electron chi connectivity index (χ1n) is 7.06. The van der Waals surface area contributed by atoms with Crippen LogP contribution in [-0.2, 0) is 15.8 Å². The van der Waals surface area contributed by atoms with Gasteiger partial charge < -0.3 is 0 Å². The smallest absolute Gasteiger partial charge is 0.212 e. The summed E-state index contributed by atoms with van der Waals surface area (Å²) >= 11 is 0. The second-order valence-corrected chi connectivity index (χ2v) is 7.76. The molecule has 1 aromatic carbocycles. The van der Waals surface area contributed by atoms with Crippen LogP contribution in [0.5, 0.6) is 0 Å². The summed E-state index contributed by atoms with van der Waals surface area (Å²) < 4.78 is 26.7. The molecule has 2 aliphatic rings. The Morgan fingerprint density at radius 2 is 1.85 bits per heavy atom. The van der Waals surface area contributed by atoms with E-state index in [-0.39, 0.29) is 5.75 Å². The second-order valence-electron chi connectivity index (χ2n) is 5.79. The lowest BCUT2D eigenvalue weighted by Crippen LogP contribution is -2.31. The molecular formula is C15H18N2O2S. The maximum atomic E-state index is 12.5. The zero-order chi connectivity index (χ0) is 14.2. The molecular weight excluding hydrogens is 272 g/mol. The summed E-state index contributed by atoms with van der Waals surface area (Å²) in [5.41, 5.74) is 1.06. The van der Waals surface area contributed by atoms with E-state index in [1.807, 2.05) is 0 Å². The number of nitriles is 1. The van der Waals surface area contributed by atoms with Gasteiger partial charge in [-0.25, -0.2) is 12.7 Å². The van der Waals surface area contributed by atoms with Gasteiger partial charge in [0.2, 0.25) is 10.0 Å². The number of rotatable bonds is 3. The SMILES string of the molecule is N#Cc1ccccc1CS(=O)(=O)N1CC2CCCC2C1. The summed E-state index contributed by atoms with van der Waals surface area (Å²) in [4.78, 5) is 0. The van der Waals surface area contributed by atoms with Crippen LogP contribution in [0.25, 0.3) is 0 Å². The van der Waals surface area contributed by atoms with Crippen LogP contribution in [0.2, 0.25) is 0 Å². The molecule has 1 saturated heterocycles. The van der Waals surface area contributed by atoms with Crippen LogP contribution >= 0.6 is 0 Å². The molecule has 0 amide bonds. The summed E-state index contributed by atoms with van der Waals surface area (Å²) in [6.45, 7) is 1.34. The molecule has 1 saturated carbocycles. The van der Waals surface area contributed by atoms with Gasteiger partial charge in [0.25, 0.3) is 0 Å². The molecule has 2 fully saturated rings. The van der Waals surface area contributed by atoms with E-state index in [0.717, 1.165) is 12.8 Å². The van der Waals surface area contributed by atoms with Gasteiger partial charge in [-0.15, -0.1) is 0 Å². The summed E-state index contributed by atoms with van der Waals surface area (Å²) in [5, 5.41) is 9.05. The average Bonchev–Trinajstić information content (AvgIpc) is 3.00. The number of benzene rings is 1. The standard InChI is InChI=1S/C15H18N2O2S/c16-8-12-4-1-2-5-15(12)11-20(18,19)17-9-13-6-3-7-14(13)10-17/h1-2,4-5,13-14H,3,6-7,9-11H2. The molecule has 1 heterocycles. The molecule has 1 aliphatic carbocycles. The molecule has 0 bridgehead atoms. The molecule has 0 radical (unpaired) electrons. The van der Waals surface area contributed by atoms with Crippen molar-refractivity contribution in [3.05, 3.63) is 35.4 Å². The first-order chi connectivity index (χ1) is 9.60. The van der Waals surface area contributed by atoms with E-state index >= 15 is 0 Å². The molecule has 106 valence electrons. The maximum absolute atomic E-state index is 12.5. The average molecular weight is 290 g/mol. The third kappa shape index (κ3) is 2.46. The number of hydrogen-bond donors (Lipinski definition) is 0. The van der Waals surface area contributed by atoms with Gasteiger partial charge in [0.1, 0.15) is 0 Å². The maximum Gasteiger partial charge on any atom is 0.218 e. The van der Waals surface area contributed by atoms with E-state index in [2.05, 4.69) is 6.07 Å². The van der Waals surface area contributed by atoms with Crippen LogP contribution in [0.15, 0.2) is 24.3 Å². The first-order valence-corrected chi connectivity index (χ1v) is 8.67. The van der Waals surface area contributed by atoms with Gasteiger partial charge >= 0.3 is 0 Å². The third-order valence-electron chi connectivity index (χ3n) is 4.56. The molecule has 0 spiro atoms. The highest BCUT2D eigenvalue weighted by Gasteiger charge is 2.40. The summed E-state index contributed by atoms with van der Waals surface area (Å²) in [5.74, 6) is 1.04. The lowest BCUT2D eigenvalue weighted by atomic mass is 10.0. The van der Waals surface area contributed by atoms with E-state index in [1.54, 1.807) is 28.6 Å². The van der Waals surface area contributed by atoms with Crippen molar-refractivity contribution < 1.29 is 8.42 Å². The molecule has 5 heteroatoms. The minimum absolute atomic E-state index is 0.0594. The molecule has 0 aromatic heterocycles. The molecule has 20 heavy (non-hydrogen) atoms. The second kappa shape index (κ2) is 5.19. The Balaban J connectivity index is 1.78. The number of sulfonamides is 1. The third-order valence-corrected chi connectivity index (χ3v) is 6.32. The lowest BCUT2D eigenvalue weighted by Gasteiger charge is -2.17. The zero-order valence-electron chi connectivity index (χ0n) is 11.3. The van der Waals surface area contributed by atoms with E-state index in [9.17, 15) is 8.42 Å². The molecule has 1 aliphatic heterocycles. The molecule has 2 unspecified atom stereocenters. The minimum Gasteiger partial charge on any atom is -0.212 e. The van der Waals surface area contributed by atoms with Crippen molar-refractivity contribution in [2.45, 2.75) is 25.0 Å². The van der Waals surface area contributed by atoms with Crippen molar-refractivity contribution >= 4 is 10.0 Å². The van der Waals surface area contributed by atoms with Gasteiger partial charge in [0, 0.05) is 13.1 Å². The fourth-order valence-corrected chi connectivity index (χ4v) is 5.13. The summed E-state index contributed by atoms with van der Waals surface area (Å²) in [6.07, 6.45) is 3.55. The Morgan fingerprint density at radius 1 is 1.20 bits per heavy atom. The van der Waals surface area contributed by atoms with Gasteiger partial charge in [-0.1, -0.05) is 24.6 Å². The van der Waals surface area contributed by atoms with Gasteiger partial charge in [0.15, 0.2) is 0 Å². The van der Waals surface area contributed by atoms with E-state index in [4.69, 9.17) is 5.26 Å². The number of nitrogens with zero attached hydrogens (tertiary/aromatic N) is 2. The number of hydrogen-bond acceptors (Lipinski definition) is 3. The highest BCUT2D eigenvalue weighted by molar-refractivity contribution is 7.88. The largest absolute Gasteiger partial charge is 0.218 e. The van der Waals surface area contributed by atoms with Crippen molar-refractivity contribution in [2.75, 3.05) is 13.1 Å². The molecule has 2 atom stereocenters. The normalized spacial score (nSPS) is 26.4. The molecule has 0 N–H and O–H groups in total. The van der Waals surface area contributed by atoms with Gasteiger partial charge in [0.05, 0.1) is 17.4 Å². The quantitative estimate of drug-likeness (QED) is 0.856. The van der Waals surface area contributed by atoms with Gasteiger partial charge in [-0.05, 0) is 36.3 Å². The Labute approximate surface area is 120 Å². The predicted molar refractivity (Wildman–Crippen MR) is 76.2 cm³/mol. The van der Waals surface area contributed by atoms with Gasteiger partial charge in [-0.3, -0.25) is 0 Å². The van der Waals surface area contributed by atoms with Crippen LogP contribution in [0.1, 0.15) is 30.4 Å². The van der Waals surface area contributed by atoms with Crippen LogP contribution in [0, 0.1) is 23.2 Å². The van der Waals surface area contributed by atoms with Crippen LogP contribution in [0.3, 0.4) is 0 Å². The fraction of sp³-hybridized carbons (Fsp3) is 0.533. The Hall–Kier alpha value is -1.38. The lowest BCUT2D eigenvalue weighted by molar-refractivity contribution is 0.445. The topological polar surface area (TPSA) is 61.2 Å². The Kier molecular flexibility index (Phi) is 3.53. The zero-order valence-corrected chi connectivity index (χ0v) is 12.1. The van der Waals surface area contributed by atoms with Crippen molar-refractivity contribution in [3.63, 3.8) is 0 Å². The van der Waals surface area contributed by atoms with E-state index in [1.165, 1.54) is 6.42 Å². The minimum atomic E-state index is -3.31. The highest BCUT2D eigenvalue weighted by atomic mass is 32.2. The summed E-state index contributed by atoms with van der Waals surface area (Å²) in [6, 6.07) is 9.01. The first kappa shape index (κ1) is 13.6. The highest BCUT2D eigenvalue weighted by Crippen LogP contribution is 2.39. The van der Waals surface area contributed by atoms with Crippen LogP contribution in [-0.4, -0.2) is 25.8 Å². The van der Waals surface area contributed by atoms with Crippen molar-refractivity contribution in [2.24, 2.45) is 11.8 Å². The molecule has 4 nitrogen and oxygen atoms in total. The van der Waals surface area contributed by atoms with Gasteiger partial charge in [-0.2, -0.15) is 5.26 Å². The Bertz CT molecular complexity index is 636. The monoisotopic (exact) mass is 290 g/mol. The predicted octanol–water partition coefficient (Wildman–Crippen LogP) is 2.12. The van der Waals surface area contributed by atoms with Crippen LogP contribution < -0.4 is 0 Å². The Morgan fingerprint density at radius 3 is 2.50 bits per heavy atom. The fourth-order valence-electron chi connectivity index (χ4n) is 3.46. The van der Waals surface area contributed by atoms with Crippen molar-refractivity contribution in [3.8, 4) is 6.07 Å². The molecule has 3 rings (SSSR count). The van der Waals surface area contributed by atoms with Crippen molar-refractivity contribution in [1.29, 1.82) is 5.26 Å². The summed E-state index contributed by atoms with van der Waals surface area (Å²) in [7, 11) is -3.31.